The highest BCUT2D eigenvalue weighted by Crippen LogP contribution is 2.19. The smallest absolute Gasteiger partial charge is 0.243 e. The van der Waals surface area contributed by atoms with Gasteiger partial charge >= 0.3 is 0 Å². The molecule has 0 aliphatic carbocycles. The molecule has 0 bridgehead atoms. The molecule has 0 fully saturated rings. The first-order valence-corrected chi connectivity index (χ1v) is 12.1. The molecule has 1 N–H and O–H groups in total. The number of hydrogen-bond donors (Lipinski definition) is 1. The molecule has 0 aromatic heterocycles. The van der Waals surface area contributed by atoms with Gasteiger partial charge in [-0.25, -0.2) is 0 Å². The molecule has 3 aromatic carbocycles. The predicted octanol–water partition coefficient (Wildman–Crippen LogP) is 5.32. The van der Waals surface area contributed by atoms with Crippen molar-refractivity contribution in [2.75, 3.05) is 6.54 Å². The topological polar surface area (TPSA) is 49.4 Å². The molecule has 3 aromatic rings. The summed E-state index contributed by atoms with van der Waals surface area (Å²) >= 11 is 0. The van der Waals surface area contributed by atoms with Crippen LogP contribution in [0, 0.1) is 20.8 Å². The second kappa shape index (κ2) is 12.2. The first-order valence-electron chi connectivity index (χ1n) is 12.1. The van der Waals surface area contributed by atoms with Crippen LogP contribution in [-0.4, -0.2) is 29.3 Å². The fourth-order valence-corrected chi connectivity index (χ4v) is 4.34. The highest BCUT2D eigenvalue weighted by molar-refractivity contribution is 5.88. The van der Waals surface area contributed by atoms with E-state index in [2.05, 4.69) is 23.5 Å². The number of rotatable bonds is 10. The maximum atomic E-state index is 13.8. The summed E-state index contributed by atoms with van der Waals surface area (Å²) in [5.41, 5.74) is 6.44. The summed E-state index contributed by atoms with van der Waals surface area (Å²) in [5.74, 6) is -0.145. The highest BCUT2D eigenvalue weighted by atomic mass is 16.2. The van der Waals surface area contributed by atoms with E-state index in [0.717, 1.165) is 39.8 Å². The van der Waals surface area contributed by atoms with Gasteiger partial charge in [-0.05, 0) is 49.4 Å². The lowest BCUT2D eigenvalue weighted by molar-refractivity contribution is -0.140. The maximum Gasteiger partial charge on any atom is 0.243 e. The van der Waals surface area contributed by atoms with Crippen LogP contribution in [0.3, 0.4) is 0 Å². The molecule has 34 heavy (non-hydrogen) atoms. The van der Waals surface area contributed by atoms with Crippen molar-refractivity contribution >= 4 is 11.8 Å². The molecule has 0 spiro atoms. The summed E-state index contributed by atoms with van der Waals surface area (Å²) in [6, 6.07) is 23.6. The Morgan fingerprint density at radius 1 is 0.853 bits per heavy atom. The molecule has 2 amide bonds. The summed E-state index contributed by atoms with van der Waals surface area (Å²) in [6.07, 6.45) is 1.58. The summed E-state index contributed by atoms with van der Waals surface area (Å²) in [4.78, 5) is 29.0. The van der Waals surface area contributed by atoms with Gasteiger partial charge in [0.2, 0.25) is 11.8 Å². The Hall–Kier alpha value is -3.40. The van der Waals surface area contributed by atoms with E-state index in [0.29, 0.717) is 19.5 Å². The molecular formula is C30H36N2O2. The Kier molecular flexibility index (Phi) is 9.03. The van der Waals surface area contributed by atoms with Crippen molar-refractivity contribution in [1.82, 2.24) is 10.2 Å². The van der Waals surface area contributed by atoms with Crippen molar-refractivity contribution in [3.8, 4) is 0 Å². The van der Waals surface area contributed by atoms with E-state index in [1.54, 1.807) is 4.90 Å². The second-order valence-corrected chi connectivity index (χ2v) is 9.12. The number of aryl methyl sites for hydroxylation is 3. The number of hydrogen-bond acceptors (Lipinski definition) is 2. The minimum absolute atomic E-state index is 0.0409. The molecule has 3 rings (SSSR count). The summed E-state index contributed by atoms with van der Waals surface area (Å²) in [6.45, 7) is 9.15. The Morgan fingerprint density at radius 2 is 1.50 bits per heavy atom. The molecule has 4 nitrogen and oxygen atoms in total. The Bertz CT molecular complexity index is 1090. The van der Waals surface area contributed by atoms with Gasteiger partial charge < -0.3 is 10.2 Å². The van der Waals surface area contributed by atoms with E-state index in [4.69, 9.17) is 0 Å². The normalized spacial score (nSPS) is 11.6. The molecule has 178 valence electrons. The number of carbonyl (C=O) groups excluding carboxylic acids is 2. The number of carbonyl (C=O) groups is 2. The van der Waals surface area contributed by atoms with E-state index in [-0.39, 0.29) is 18.2 Å². The zero-order valence-corrected chi connectivity index (χ0v) is 20.8. The van der Waals surface area contributed by atoms with E-state index in [1.165, 1.54) is 0 Å². The number of amides is 2. The van der Waals surface area contributed by atoms with Gasteiger partial charge in [0.05, 0.1) is 6.42 Å². The molecule has 0 aliphatic rings. The summed E-state index contributed by atoms with van der Waals surface area (Å²) in [7, 11) is 0. The number of benzene rings is 3. The van der Waals surface area contributed by atoms with Gasteiger partial charge in [-0.3, -0.25) is 9.59 Å². The average molecular weight is 457 g/mol. The molecule has 0 unspecified atom stereocenters. The van der Waals surface area contributed by atoms with Crippen molar-refractivity contribution in [1.29, 1.82) is 0 Å². The van der Waals surface area contributed by atoms with Crippen LogP contribution in [-0.2, 0) is 29.0 Å². The van der Waals surface area contributed by atoms with Crippen LogP contribution < -0.4 is 5.32 Å². The third kappa shape index (κ3) is 7.05. The van der Waals surface area contributed by atoms with Crippen molar-refractivity contribution in [3.63, 3.8) is 0 Å². The molecule has 0 saturated carbocycles. The Morgan fingerprint density at radius 3 is 2.15 bits per heavy atom. The molecule has 0 saturated heterocycles. The number of nitrogens with one attached hydrogen (secondary N) is 1. The molecule has 1 atom stereocenters. The predicted molar refractivity (Wildman–Crippen MR) is 139 cm³/mol. The Balaban J connectivity index is 1.98. The van der Waals surface area contributed by atoms with Gasteiger partial charge in [-0.1, -0.05) is 90.8 Å². The lowest BCUT2D eigenvalue weighted by Gasteiger charge is -2.32. The van der Waals surface area contributed by atoms with Crippen LogP contribution in [0.15, 0.2) is 72.8 Å². The van der Waals surface area contributed by atoms with E-state index in [9.17, 15) is 9.59 Å². The van der Waals surface area contributed by atoms with Crippen LogP contribution in [0.5, 0.6) is 0 Å². The second-order valence-electron chi connectivity index (χ2n) is 9.12. The van der Waals surface area contributed by atoms with Gasteiger partial charge in [0.15, 0.2) is 0 Å². The molecule has 4 heteroatoms. The van der Waals surface area contributed by atoms with Crippen molar-refractivity contribution in [2.45, 2.75) is 59.5 Å². The molecule has 0 heterocycles. The quantitative estimate of drug-likeness (QED) is 0.449. The zero-order valence-electron chi connectivity index (χ0n) is 20.8. The average Bonchev–Trinajstić information content (AvgIpc) is 2.80. The molecular weight excluding hydrogens is 420 g/mol. The SMILES string of the molecule is CCCNC(=O)[C@H](Cc1ccccc1)N(Cc1ccccc1C)C(=O)Cc1cc(C)cc(C)c1. The summed E-state index contributed by atoms with van der Waals surface area (Å²) in [5, 5.41) is 3.04. The molecule has 0 radical (unpaired) electrons. The first-order chi connectivity index (χ1) is 16.4. The largest absolute Gasteiger partial charge is 0.354 e. The van der Waals surface area contributed by atoms with Crippen LogP contribution in [0.4, 0.5) is 0 Å². The van der Waals surface area contributed by atoms with Crippen LogP contribution >= 0.6 is 0 Å². The monoisotopic (exact) mass is 456 g/mol. The standard InChI is InChI=1S/C30H36N2O2/c1-5-15-31-30(34)28(19-25-12-7-6-8-13-25)32(21-27-14-10-9-11-24(27)4)29(33)20-26-17-22(2)16-23(3)18-26/h6-14,16-18,28H,5,15,19-21H2,1-4H3,(H,31,34)/t28-/m0/s1. The minimum Gasteiger partial charge on any atom is -0.354 e. The first kappa shape index (κ1) is 25.2. The van der Waals surface area contributed by atoms with Crippen LogP contribution in [0.25, 0.3) is 0 Å². The van der Waals surface area contributed by atoms with Crippen LogP contribution in [0.1, 0.15) is 46.7 Å². The van der Waals surface area contributed by atoms with E-state index in [1.807, 2.05) is 82.3 Å². The van der Waals surface area contributed by atoms with Crippen LogP contribution in [0.2, 0.25) is 0 Å². The van der Waals surface area contributed by atoms with Gasteiger partial charge in [0.25, 0.3) is 0 Å². The van der Waals surface area contributed by atoms with Crippen molar-refractivity contribution in [3.05, 3.63) is 106 Å². The molecule has 0 aliphatic heterocycles. The van der Waals surface area contributed by atoms with Gasteiger partial charge in [-0.2, -0.15) is 0 Å². The van der Waals surface area contributed by atoms with E-state index < -0.39 is 6.04 Å². The highest BCUT2D eigenvalue weighted by Gasteiger charge is 2.30. The Labute approximate surface area is 204 Å². The third-order valence-electron chi connectivity index (χ3n) is 6.06. The van der Waals surface area contributed by atoms with Gasteiger partial charge in [-0.15, -0.1) is 0 Å². The minimum atomic E-state index is -0.591. The zero-order chi connectivity index (χ0) is 24.5. The van der Waals surface area contributed by atoms with Crippen molar-refractivity contribution < 1.29 is 9.59 Å². The number of nitrogens with zero attached hydrogens (tertiary/aromatic N) is 1. The van der Waals surface area contributed by atoms with E-state index >= 15 is 0 Å². The fraction of sp³-hybridized carbons (Fsp3) is 0.333. The fourth-order valence-electron chi connectivity index (χ4n) is 4.34. The lowest BCUT2D eigenvalue weighted by atomic mass is 9.99. The van der Waals surface area contributed by atoms with Gasteiger partial charge in [0.1, 0.15) is 6.04 Å². The summed E-state index contributed by atoms with van der Waals surface area (Å²) < 4.78 is 0. The third-order valence-corrected chi connectivity index (χ3v) is 6.06. The van der Waals surface area contributed by atoms with Gasteiger partial charge in [0, 0.05) is 19.5 Å². The van der Waals surface area contributed by atoms with Crippen molar-refractivity contribution in [2.24, 2.45) is 0 Å². The maximum absolute atomic E-state index is 13.8. The lowest BCUT2D eigenvalue weighted by Crippen LogP contribution is -2.51.